The average molecular weight is 253 g/mol. The van der Waals surface area contributed by atoms with Gasteiger partial charge in [-0.1, -0.05) is 6.92 Å². The molecule has 0 aliphatic heterocycles. The van der Waals surface area contributed by atoms with Gasteiger partial charge in [0.1, 0.15) is 4.88 Å². The topological polar surface area (TPSA) is 68.0 Å². The van der Waals surface area contributed by atoms with Gasteiger partial charge in [0, 0.05) is 12.6 Å². The van der Waals surface area contributed by atoms with Crippen molar-refractivity contribution in [3.63, 3.8) is 0 Å². The van der Waals surface area contributed by atoms with Crippen molar-refractivity contribution in [2.75, 3.05) is 6.54 Å². The molecule has 4 nitrogen and oxygen atoms in total. The van der Waals surface area contributed by atoms with Crippen LogP contribution in [-0.2, 0) is 6.42 Å². The molecule has 0 saturated heterocycles. The lowest BCUT2D eigenvalue weighted by Gasteiger charge is -2.10. The number of aryl methyl sites for hydroxylation is 1. The van der Waals surface area contributed by atoms with E-state index in [1.54, 1.807) is 6.20 Å². The molecule has 1 atom stereocenters. The Morgan fingerprint density at radius 2 is 2.47 bits per heavy atom. The molecule has 1 fully saturated rings. The van der Waals surface area contributed by atoms with Crippen molar-refractivity contribution in [3.05, 3.63) is 16.1 Å². The van der Waals surface area contributed by atoms with E-state index in [0.717, 1.165) is 17.8 Å². The molecule has 1 amide bonds. The molecule has 1 aliphatic rings. The van der Waals surface area contributed by atoms with E-state index >= 15 is 0 Å². The molecular weight excluding hydrogens is 234 g/mol. The van der Waals surface area contributed by atoms with E-state index in [1.807, 2.05) is 0 Å². The first kappa shape index (κ1) is 12.5. The van der Waals surface area contributed by atoms with Crippen LogP contribution in [-0.4, -0.2) is 23.5 Å². The van der Waals surface area contributed by atoms with E-state index < -0.39 is 0 Å². The standard InChI is InChI=1S/C12H19N3OS/c1-2-3-11-14-7-10(17-11)12(16)15-6-9(13)8-4-5-8/h7-9H,2-6,13H2,1H3,(H,15,16). The largest absolute Gasteiger partial charge is 0.350 e. The Labute approximate surface area is 106 Å². The summed E-state index contributed by atoms with van der Waals surface area (Å²) in [5.41, 5.74) is 5.93. The zero-order chi connectivity index (χ0) is 12.3. The van der Waals surface area contributed by atoms with Gasteiger partial charge in [-0.2, -0.15) is 0 Å². The normalized spacial score (nSPS) is 16.8. The number of nitrogens with one attached hydrogen (secondary N) is 1. The molecular formula is C12H19N3OS. The number of nitrogens with zero attached hydrogens (tertiary/aromatic N) is 1. The fourth-order valence-electron chi connectivity index (χ4n) is 1.73. The molecule has 5 heteroatoms. The summed E-state index contributed by atoms with van der Waals surface area (Å²) in [6.07, 6.45) is 6.07. The van der Waals surface area contributed by atoms with Crippen LogP contribution in [0.3, 0.4) is 0 Å². The molecule has 3 N–H and O–H groups in total. The molecule has 1 heterocycles. The van der Waals surface area contributed by atoms with Crippen LogP contribution in [0.2, 0.25) is 0 Å². The number of thiazole rings is 1. The van der Waals surface area contributed by atoms with Gasteiger partial charge in [0.2, 0.25) is 0 Å². The van der Waals surface area contributed by atoms with Crippen molar-refractivity contribution in [3.8, 4) is 0 Å². The Bertz CT molecular complexity index is 387. The maximum atomic E-state index is 11.8. The molecule has 1 aromatic heterocycles. The highest BCUT2D eigenvalue weighted by atomic mass is 32.1. The minimum atomic E-state index is -0.0408. The number of carbonyl (C=O) groups excluding carboxylic acids is 1. The Hall–Kier alpha value is -0.940. The number of nitrogens with two attached hydrogens (primary N) is 1. The number of hydrogen-bond acceptors (Lipinski definition) is 4. The second-order valence-electron chi connectivity index (χ2n) is 4.58. The predicted octanol–water partition coefficient (Wildman–Crippen LogP) is 1.56. The number of amides is 1. The Balaban J connectivity index is 1.81. The van der Waals surface area contributed by atoms with Gasteiger partial charge < -0.3 is 11.1 Å². The number of carbonyl (C=O) groups is 1. The molecule has 94 valence electrons. The summed E-state index contributed by atoms with van der Waals surface area (Å²) in [6.45, 7) is 2.68. The van der Waals surface area contributed by atoms with Gasteiger partial charge in [-0.3, -0.25) is 4.79 Å². The fraction of sp³-hybridized carbons (Fsp3) is 0.667. The van der Waals surface area contributed by atoms with Crippen molar-refractivity contribution in [1.29, 1.82) is 0 Å². The molecule has 0 aromatic carbocycles. The van der Waals surface area contributed by atoms with Crippen molar-refractivity contribution < 1.29 is 4.79 Å². The van der Waals surface area contributed by atoms with E-state index in [9.17, 15) is 4.79 Å². The van der Waals surface area contributed by atoms with Crippen molar-refractivity contribution >= 4 is 17.2 Å². The van der Waals surface area contributed by atoms with Gasteiger partial charge in [-0.15, -0.1) is 11.3 Å². The van der Waals surface area contributed by atoms with Crippen molar-refractivity contribution in [1.82, 2.24) is 10.3 Å². The molecule has 1 saturated carbocycles. The van der Waals surface area contributed by atoms with E-state index in [2.05, 4.69) is 17.2 Å². The van der Waals surface area contributed by atoms with Gasteiger partial charge in [0.25, 0.3) is 5.91 Å². The van der Waals surface area contributed by atoms with E-state index in [-0.39, 0.29) is 11.9 Å². The van der Waals surface area contributed by atoms with Crippen LogP contribution >= 0.6 is 11.3 Å². The van der Waals surface area contributed by atoms with Gasteiger partial charge in [-0.25, -0.2) is 4.98 Å². The fourth-order valence-corrected chi connectivity index (χ4v) is 2.67. The van der Waals surface area contributed by atoms with Gasteiger partial charge in [-0.05, 0) is 31.6 Å². The zero-order valence-corrected chi connectivity index (χ0v) is 10.9. The van der Waals surface area contributed by atoms with Crippen LogP contribution < -0.4 is 11.1 Å². The number of hydrogen-bond donors (Lipinski definition) is 2. The maximum Gasteiger partial charge on any atom is 0.263 e. The van der Waals surface area contributed by atoms with Gasteiger partial charge in [0.05, 0.1) is 11.2 Å². The first-order valence-corrected chi connectivity index (χ1v) is 7.00. The van der Waals surface area contributed by atoms with E-state index in [1.165, 1.54) is 24.2 Å². The smallest absolute Gasteiger partial charge is 0.263 e. The van der Waals surface area contributed by atoms with Gasteiger partial charge >= 0.3 is 0 Å². The molecule has 17 heavy (non-hydrogen) atoms. The quantitative estimate of drug-likeness (QED) is 0.808. The van der Waals surface area contributed by atoms with Crippen molar-refractivity contribution in [2.24, 2.45) is 11.7 Å². The third-order valence-electron chi connectivity index (χ3n) is 2.97. The molecule has 2 rings (SSSR count). The molecule has 0 spiro atoms. The van der Waals surface area contributed by atoms with Crippen LogP contribution in [0.25, 0.3) is 0 Å². The second kappa shape index (κ2) is 5.60. The van der Waals surface area contributed by atoms with E-state index in [4.69, 9.17) is 5.73 Å². The minimum Gasteiger partial charge on any atom is -0.350 e. The van der Waals surface area contributed by atoms with Crippen LogP contribution in [0.1, 0.15) is 40.9 Å². The summed E-state index contributed by atoms with van der Waals surface area (Å²) in [5, 5.41) is 3.91. The molecule has 1 unspecified atom stereocenters. The third kappa shape index (κ3) is 3.51. The number of aromatic nitrogens is 1. The highest BCUT2D eigenvalue weighted by Gasteiger charge is 2.28. The Morgan fingerprint density at radius 3 is 3.12 bits per heavy atom. The lowest BCUT2D eigenvalue weighted by Crippen LogP contribution is -2.38. The highest BCUT2D eigenvalue weighted by molar-refractivity contribution is 7.13. The second-order valence-corrected chi connectivity index (χ2v) is 5.69. The van der Waals surface area contributed by atoms with E-state index in [0.29, 0.717) is 17.3 Å². The zero-order valence-electron chi connectivity index (χ0n) is 10.1. The predicted molar refractivity (Wildman–Crippen MR) is 69.1 cm³/mol. The number of rotatable bonds is 6. The first-order valence-electron chi connectivity index (χ1n) is 6.19. The molecule has 1 aliphatic carbocycles. The summed E-state index contributed by atoms with van der Waals surface area (Å²) in [5.74, 6) is 0.577. The Kier molecular flexibility index (Phi) is 4.12. The van der Waals surface area contributed by atoms with Crippen molar-refractivity contribution in [2.45, 2.75) is 38.6 Å². The Morgan fingerprint density at radius 1 is 1.71 bits per heavy atom. The lowest BCUT2D eigenvalue weighted by molar-refractivity contribution is 0.0954. The maximum absolute atomic E-state index is 11.8. The van der Waals surface area contributed by atoms with Gasteiger partial charge in [0.15, 0.2) is 0 Å². The summed E-state index contributed by atoms with van der Waals surface area (Å²) < 4.78 is 0. The third-order valence-corrected chi connectivity index (χ3v) is 4.02. The van der Waals surface area contributed by atoms with Crippen LogP contribution in [0, 0.1) is 5.92 Å². The molecule has 1 aromatic rings. The van der Waals surface area contributed by atoms with Crippen LogP contribution in [0.5, 0.6) is 0 Å². The van der Waals surface area contributed by atoms with Crippen LogP contribution in [0.15, 0.2) is 6.20 Å². The molecule has 0 radical (unpaired) electrons. The SMILES string of the molecule is CCCc1ncc(C(=O)NCC(N)C2CC2)s1. The summed E-state index contributed by atoms with van der Waals surface area (Å²) in [7, 11) is 0. The summed E-state index contributed by atoms with van der Waals surface area (Å²) in [4.78, 5) is 16.7. The molecule has 0 bridgehead atoms. The average Bonchev–Trinajstić information content (AvgIpc) is 3.07. The summed E-state index contributed by atoms with van der Waals surface area (Å²) >= 11 is 1.48. The summed E-state index contributed by atoms with van der Waals surface area (Å²) in [6, 6.07) is 0.113. The van der Waals surface area contributed by atoms with Crippen LogP contribution in [0.4, 0.5) is 0 Å². The lowest BCUT2D eigenvalue weighted by atomic mass is 10.2. The first-order chi connectivity index (χ1) is 8.20. The minimum absolute atomic E-state index is 0.0408. The highest BCUT2D eigenvalue weighted by Crippen LogP contribution is 2.31. The monoisotopic (exact) mass is 253 g/mol.